The van der Waals surface area contributed by atoms with Gasteiger partial charge in [0.25, 0.3) is 0 Å². The standard InChI is InChI=1S/C52H64O16/c1-5-57-17-21-61-45-29-42-34-66-50(54)26-38-13-15-40(16-14-38)28-52(56)68-36-44-32-47(63-23-19-59-7-3)43(31-48(44)64-24-20-60-8-4)35-67-51(55)27-39-11-9-37(10-12-39)25-49(53)65-33-41(45)30-46(42)62-22-18-58-6-2/h9-16,29-32H,5-8,17-28,33-36H2,1-4H3. The lowest BCUT2D eigenvalue weighted by Crippen LogP contribution is -2.14. The fraction of sp³-hybridized carbons (Fsp3) is 0.462. The van der Waals surface area contributed by atoms with Gasteiger partial charge in [-0.25, -0.2) is 0 Å². The Hall–Kier alpha value is -6.20. The van der Waals surface area contributed by atoms with E-state index in [-0.39, 0.29) is 78.5 Å². The van der Waals surface area contributed by atoms with Crippen molar-refractivity contribution < 1.29 is 76.0 Å². The Kier molecular flexibility index (Phi) is 22.9. The van der Waals surface area contributed by atoms with Crippen LogP contribution >= 0.6 is 0 Å². The van der Waals surface area contributed by atoms with Gasteiger partial charge in [0.2, 0.25) is 0 Å². The van der Waals surface area contributed by atoms with Gasteiger partial charge in [-0.3, -0.25) is 19.2 Å². The van der Waals surface area contributed by atoms with Gasteiger partial charge in [0, 0.05) is 48.7 Å². The molecule has 8 bridgehead atoms. The van der Waals surface area contributed by atoms with Crippen molar-refractivity contribution in [3.05, 3.63) is 117 Å². The quantitative estimate of drug-likeness (QED) is 0.0512. The van der Waals surface area contributed by atoms with Gasteiger partial charge in [-0.1, -0.05) is 48.5 Å². The van der Waals surface area contributed by atoms with E-state index in [0.29, 0.717) is 120 Å². The van der Waals surface area contributed by atoms with E-state index in [2.05, 4.69) is 0 Å². The van der Waals surface area contributed by atoms with Crippen LogP contribution in [0.1, 0.15) is 72.2 Å². The minimum absolute atomic E-state index is 0.0318. The van der Waals surface area contributed by atoms with E-state index in [9.17, 15) is 19.2 Å². The Bertz CT molecular complexity index is 1880. The second kappa shape index (κ2) is 29.5. The molecule has 0 unspecified atom stereocenters. The van der Waals surface area contributed by atoms with Crippen molar-refractivity contribution in [2.75, 3.05) is 79.3 Å². The monoisotopic (exact) mass is 944 g/mol. The van der Waals surface area contributed by atoms with E-state index in [1.807, 2.05) is 27.7 Å². The van der Waals surface area contributed by atoms with Gasteiger partial charge in [0.1, 0.15) is 75.9 Å². The van der Waals surface area contributed by atoms with Gasteiger partial charge < -0.3 is 56.8 Å². The maximum absolute atomic E-state index is 13.2. The molecule has 14 rings (SSSR count). The summed E-state index contributed by atoms with van der Waals surface area (Å²) >= 11 is 0. The third-order valence-corrected chi connectivity index (χ3v) is 10.2. The summed E-state index contributed by atoms with van der Waals surface area (Å²) in [4.78, 5) is 52.9. The number of hydrogen-bond donors (Lipinski definition) is 0. The molecule has 16 nitrogen and oxygen atoms in total. The van der Waals surface area contributed by atoms with Gasteiger partial charge in [0.15, 0.2) is 0 Å². The second-order valence-corrected chi connectivity index (χ2v) is 15.3. The number of rotatable bonds is 20. The Morgan fingerprint density at radius 2 is 0.544 bits per heavy atom. The first-order chi connectivity index (χ1) is 33.2. The van der Waals surface area contributed by atoms with Crippen molar-refractivity contribution in [2.24, 2.45) is 0 Å². The number of ether oxygens (including phenoxy) is 12. The highest BCUT2D eigenvalue weighted by molar-refractivity contribution is 5.75. The first-order valence-electron chi connectivity index (χ1n) is 23.1. The van der Waals surface area contributed by atoms with Crippen LogP contribution in [0.15, 0.2) is 72.8 Å². The topological polar surface area (TPSA) is 179 Å². The molecule has 4 aromatic rings. The molecular formula is C52H64O16. The van der Waals surface area contributed by atoms with Crippen LogP contribution in [0.5, 0.6) is 23.0 Å². The van der Waals surface area contributed by atoms with Crippen LogP contribution in [0.4, 0.5) is 0 Å². The molecule has 4 aromatic carbocycles. The Morgan fingerprint density at radius 1 is 0.338 bits per heavy atom. The Balaban J connectivity index is 1.41. The van der Waals surface area contributed by atoms with Crippen molar-refractivity contribution >= 4 is 23.9 Å². The molecule has 0 amide bonds. The first kappa shape index (κ1) is 52.8. The molecule has 10 aliphatic heterocycles. The normalized spacial score (nSPS) is 14.1. The summed E-state index contributed by atoms with van der Waals surface area (Å²) in [5.74, 6) is -0.320. The predicted molar refractivity (Wildman–Crippen MR) is 248 cm³/mol. The summed E-state index contributed by atoms with van der Waals surface area (Å²) in [6.45, 7) is 11.2. The van der Waals surface area contributed by atoms with Crippen LogP contribution in [-0.2, 0) is 109 Å². The summed E-state index contributed by atoms with van der Waals surface area (Å²) < 4.78 is 69.3. The van der Waals surface area contributed by atoms with E-state index < -0.39 is 23.9 Å². The van der Waals surface area contributed by atoms with Crippen LogP contribution in [0.2, 0.25) is 0 Å². The fourth-order valence-corrected chi connectivity index (χ4v) is 6.75. The van der Waals surface area contributed by atoms with Crippen molar-refractivity contribution in [2.45, 2.75) is 79.8 Å². The summed E-state index contributed by atoms with van der Waals surface area (Å²) in [5, 5.41) is 0. The zero-order valence-electron chi connectivity index (χ0n) is 39.6. The molecule has 0 aliphatic carbocycles. The molecule has 16 heteroatoms. The minimum atomic E-state index is -0.488. The van der Waals surface area contributed by atoms with Gasteiger partial charge in [-0.15, -0.1) is 0 Å². The highest BCUT2D eigenvalue weighted by Crippen LogP contribution is 2.33. The maximum atomic E-state index is 13.2. The summed E-state index contributed by atoms with van der Waals surface area (Å²) in [6.07, 6.45) is -0.127. The Morgan fingerprint density at radius 3 is 0.735 bits per heavy atom. The van der Waals surface area contributed by atoms with Gasteiger partial charge >= 0.3 is 23.9 Å². The molecule has 10 aliphatic rings. The van der Waals surface area contributed by atoms with Crippen LogP contribution in [-0.4, -0.2) is 103 Å². The van der Waals surface area contributed by atoms with Crippen molar-refractivity contribution in [1.29, 1.82) is 0 Å². The SMILES string of the molecule is CCOCCOc1cc2c(OCCOCC)cc1COC(=O)Cc1ccc(cc1)CC(=O)OCc1cc(OCCOCC)c(cc1OCCOCC)COC(=O)Cc1ccc(cc1)CC(=O)OC2. The summed E-state index contributed by atoms with van der Waals surface area (Å²) in [7, 11) is 0. The first-order valence-corrected chi connectivity index (χ1v) is 23.1. The van der Waals surface area contributed by atoms with E-state index in [1.54, 1.807) is 72.8 Å². The van der Waals surface area contributed by atoms with Crippen molar-refractivity contribution in [3.8, 4) is 23.0 Å². The van der Waals surface area contributed by atoms with Crippen LogP contribution in [0.25, 0.3) is 0 Å². The highest BCUT2D eigenvalue weighted by atomic mass is 16.6. The minimum Gasteiger partial charge on any atom is -0.491 e. The van der Waals surface area contributed by atoms with Gasteiger partial charge in [-0.05, 0) is 74.2 Å². The average molecular weight is 945 g/mol. The molecule has 368 valence electrons. The molecule has 0 saturated heterocycles. The molecule has 0 fully saturated rings. The van der Waals surface area contributed by atoms with Gasteiger partial charge in [-0.2, -0.15) is 0 Å². The molecule has 0 aromatic heterocycles. The third-order valence-electron chi connectivity index (χ3n) is 10.2. The van der Waals surface area contributed by atoms with E-state index >= 15 is 0 Å². The van der Waals surface area contributed by atoms with Crippen LogP contribution in [0.3, 0.4) is 0 Å². The van der Waals surface area contributed by atoms with Crippen LogP contribution in [0, 0.1) is 0 Å². The number of benzene rings is 4. The number of carbonyl (C=O) groups excluding carboxylic acids is 4. The summed E-state index contributed by atoms with van der Waals surface area (Å²) in [5.41, 5.74) is 4.84. The van der Waals surface area contributed by atoms with Crippen molar-refractivity contribution in [1.82, 2.24) is 0 Å². The number of carbonyl (C=O) groups is 4. The Labute approximate surface area is 398 Å². The number of hydrogen-bond acceptors (Lipinski definition) is 16. The van der Waals surface area contributed by atoms with Crippen LogP contribution < -0.4 is 18.9 Å². The lowest BCUT2D eigenvalue weighted by atomic mass is 10.1. The fourth-order valence-electron chi connectivity index (χ4n) is 6.75. The van der Waals surface area contributed by atoms with E-state index in [1.165, 1.54) is 0 Å². The second-order valence-electron chi connectivity index (χ2n) is 15.3. The largest absolute Gasteiger partial charge is 0.491 e. The van der Waals surface area contributed by atoms with Crippen molar-refractivity contribution in [3.63, 3.8) is 0 Å². The molecule has 0 spiro atoms. The molecule has 0 saturated carbocycles. The predicted octanol–water partition coefficient (Wildman–Crippen LogP) is 6.80. The summed E-state index contributed by atoms with van der Waals surface area (Å²) in [6, 6.07) is 20.9. The molecule has 0 radical (unpaired) electrons. The maximum Gasteiger partial charge on any atom is 0.310 e. The third kappa shape index (κ3) is 18.5. The molecule has 0 N–H and O–H groups in total. The van der Waals surface area contributed by atoms with E-state index in [0.717, 1.165) is 0 Å². The smallest absolute Gasteiger partial charge is 0.310 e. The van der Waals surface area contributed by atoms with E-state index in [4.69, 9.17) is 56.8 Å². The molecule has 10 heterocycles. The zero-order chi connectivity index (χ0) is 48.4. The highest BCUT2D eigenvalue weighted by Gasteiger charge is 2.20. The molecule has 68 heavy (non-hydrogen) atoms. The number of esters is 4. The molecular weight excluding hydrogens is 881 g/mol. The lowest BCUT2D eigenvalue weighted by Gasteiger charge is -2.18. The van der Waals surface area contributed by atoms with Gasteiger partial charge in [0.05, 0.1) is 52.1 Å². The lowest BCUT2D eigenvalue weighted by molar-refractivity contribution is -0.145. The zero-order valence-corrected chi connectivity index (χ0v) is 39.6. The average Bonchev–Trinajstić information content (AvgIpc) is 3.33. The molecule has 0 atom stereocenters.